The predicted octanol–water partition coefficient (Wildman–Crippen LogP) is 4.09. The Labute approximate surface area is 201 Å². The highest BCUT2D eigenvalue weighted by Gasteiger charge is 2.29. The quantitative estimate of drug-likeness (QED) is 0.581. The molecule has 2 N–H and O–H groups in total. The maximum absolute atomic E-state index is 13.0. The molecule has 3 aromatic rings. The summed E-state index contributed by atoms with van der Waals surface area (Å²) in [6.07, 6.45) is 2.10. The average Bonchev–Trinajstić information content (AvgIpc) is 2.77. The monoisotopic (exact) mass is 486 g/mol. The Morgan fingerprint density at radius 2 is 1.94 bits per heavy atom. The van der Waals surface area contributed by atoms with Gasteiger partial charge in [0.1, 0.15) is 0 Å². The molecular weight excluding hydrogens is 463 g/mol. The minimum atomic E-state index is -0.277. The number of anilines is 1. The zero-order chi connectivity index (χ0) is 23.9. The van der Waals surface area contributed by atoms with Crippen LogP contribution in [0.15, 0.2) is 41.3 Å². The van der Waals surface area contributed by atoms with E-state index in [1.807, 2.05) is 13.0 Å². The van der Waals surface area contributed by atoms with Crippen molar-refractivity contribution in [2.45, 2.75) is 19.4 Å². The molecule has 1 aliphatic rings. The summed E-state index contributed by atoms with van der Waals surface area (Å²) in [5, 5.41) is 5.23. The van der Waals surface area contributed by atoms with E-state index in [0.29, 0.717) is 45.0 Å². The third kappa shape index (κ3) is 4.43. The molecule has 9 heteroatoms. The lowest BCUT2D eigenvalue weighted by Gasteiger charge is -2.36. The fourth-order valence-corrected chi connectivity index (χ4v) is 5.00. The standard InChI is InChI=1S/C24H24Cl2N4O3/c1-13-22-14(8-15(25)9-20(22)26)6-7-30(13)21(31)12-27-16-4-5-17-18(10-16)19(11-28-23(17)32)24(33)29(2)3/h4-5,8-11,13,27H,6-7,12H2,1-3H3,(H,28,32). The molecule has 2 aromatic carbocycles. The Kier molecular flexibility index (Phi) is 6.36. The van der Waals surface area contributed by atoms with E-state index in [1.165, 1.54) is 11.1 Å². The molecule has 0 saturated heterocycles. The first-order valence-electron chi connectivity index (χ1n) is 10.6. The number of H-pyrrole nitrogens is 1. The Morgan fingerprint density at radius 1 is 1.18 bits per heavy atom. The Bertz CT molecular complexity index is 1320. The lowest BCUT2D eigenvalue weighted by atomic mass is 9.93. The molecule has 0 radical (unpaired) electrons. The van der Waals surface area contributed by atoms with E-state index in [2.05, 4.69) is 10.3 Å². The smallest absolute Gasteiger partial charge is 0.255 e. The number of aromatic amines is 1. The topological polar surface area (TPSA) is 85.5 Å². The Morgan fingerprint density at radius 3 is 2.67 bits per heavy atom. The van der Waals surface area contributed by atoms with Crippen molar-refractivity contribution in [3.8, 4) is 0 Å². The zero-order valence-corrected chi connectivity index (χ0v) is 20.0. The Balaban J connectivity index is 1.55. The number of hydrogen-bond donors (Lipinski definition) is 2. The van der Waals surface area contributed by atoms with E-state index in [-0.39, 0.29) is 30.0 Å². The number of amides is 2. The number of carbonyl (C=O) groups excluding carboxylic acids is 2. The summed E-state index contributed by atoms with van der Waals surface area (Å²) in [5.74, 6) is -0.294. The van der Waals surface area contributed by atoms with Crippen molar-refractivity contribution in [3.63, 3.8) is 0 Å². The number of carbonyl (C=O) groups is 2. The number of halogens is 2. The fourth-order valence-electron chi connectivity index (χ4n) is 4.31. The van der Waals surface area contributed by atoms with Gasteiger partial charge in [-0.2, -0.15) is 0 Å². The molecule has 1 aliphatic heterocycles. The minimum Gasteiger partial charge on any atom is -0.376 e. The highest BCUT2D eigenvalue weighted by Crippen LogP contribution is 2.37. The van der Waals surface area contributed by atoms with Gasteiger partial charge in [-0.3, -0.25) is 14.4 Å². The molecule has 4 rings (SSSR count). The summed E-state index contributed by atoms with van der Waals surface area (Å²) in [4.78, 5) is 43.6. The maximum atomic E-state index is 13.0. The van der Waals surface area contributed by atoms with Gasteiger partial charge in [-0.25, -0.2) is 0 Å². The van der Waals surface area contributed by atoms with Gasteiger partial charge in [-0.1, -0.05) is 23.2 Å². The predicted molar refractivity (Wildman–Crippen MR) is 131 cm³/mol. The van der Waals surface area contributed by atoms with Gasteiger partial charge >= 0.3 is 0 Å². The van der Waals surface area contributed by atoms with Crippen molar-refractivity contribution in [2.75, 3.05) is 32.5 Å². The van der Waals surface area contributed by atoms with E-state index >= 15 is 0 Å². The third-order valence-corrected chi connectivity index (χ3v) is 6.52. The number of hydrogen-bond acceptors (Lipinski definition) is 4. The lowest BCUT2D eigenvalue weighted by Crippen LogP contribution is -2.41. The van der Waals surface area contributed by atoms with Gasteiger partial charge in [-0.05, 0) is 54.8 Å². The van der Waals surface area contributed by atoms with E-state index in [0.717, 1.165) is 11.1 Å². The zero-order valence-electron chi connectivity index (χ0n) is 18.5. The van der Waals surface area contributed by atoms with Crippen LogP contribution < -0.4 is 10.9 Å². The minimum absolute atomic E-state index is 0.0660. The number of nitrogens with zero attached hydrogens (tertiary/aromatic N) is 2. The van der Waals surface area contributed by atoms with Gasteiger partial charge in [0.25, 0.3) is 11.5 Å². The maximum Gasteiger partial charge on any atom is 0.255 e. The molecule has 0 aliphatic carbocycles. The average molecular weight is 487 g/mol. The molecule has 1 aromatic heterocycles. The first-order chi connectivity index (χ1) is 15.7. The molecule has 2 heterocycles. The first kappa shape index (κ1) is 23.1. The van der Waals surface area contributed by atoms with Crippen molar-refractivity contribution in [2.24, 2.45) is 0 Å². The van der Waals surface area contributed by atoms with Gasteiger partial charge in [0.2, 0.25) is 5.91 Å². The molecular formula is C24H24Cl2N4O3. The van der Waals surface area contributed by atoms with Crippen LogP contribution in [0, 0.1) is 0 Å². The number of benzene rings is 2. The molecule has 0 bridgehead atoms. The fraction of sp³-hybridized carbons (Fsp3) is 0.292. The van der Waals surface area contributed by atoms with E-state index in [9.17, 15) is 14.4 Å². The summed E-state index contributed by atoms with van der Waals surface area (Å²) in [5.41, 5.74) is 2.75. The molecule has 0 spiro atoms. The molecule has 1 atom stereocenters. The number of nitrogens with one attached hydrogen (secondary N) is 2. The van der Waals surface area contributed by atoms with Crippen LogP contribution in [0.25, 0.3) is 10.8 Å². The number of fused-ring (bicyclic) bond motifs is 2. The van der Waals surface area contributed by atoms with Gasteiger partial charge in [0.15, 0.2) is 0 Å². The second-order valence-electron chi connectivity index (χ2n) is 8.32. The van der Waals surface area contributed by atoms with E-state index in [1.54, 1.807) is 43.3 Å². The van der Waals surface area contributed by atoms with Gasteiger partial charge in [0.05, 0.1) is 18.2 Å². The van der Waals surface area contributed by atoms with Crippen molar-refractivity contribution in [1.29, 1.82) is 0 Å². The third-order valence-electron chi connectivity index (χ3n) is 5.99. The molecule has 0 fully saturated rings. The van der Waals surface area contributed by atoms with Crippen LogP contribution in [-0.4, -0.2) is 53.8 Å². The normalized spacial score (nSPS) is 15.3. The van der Waals surface area contributed by atoms with Crippen molar-refractivity contribution >= 4 is 51.5 Å². The molecule has 1 unspecified atom stereocenters. The lowest BCUT2D eigenvalue weighted by molar-refractivity contribution is -0.131. The second-order valence-corrected chi connectivity index (χ2v) is 9.16. The molecule has 2 amide bonds. The van der Waals surface area contributed by atoms with Crippen molar-refractivity contribution in [1.82, 2.24) is 14.8 Å². The summed E-state index contributed by atoms with van der Waals surface area (Å²) in [6.45, 7) is 2.59. The van der Waals surface area contributed by atoms with Crippen LogP contribution in [0.2, 0.25) is 10.0 Å². The number of pyridine rings is 1. The van der Waals surface area contributed by atoms with Crippen LogP contribution in [-0.2, 0) is 11.2 Å². The van der Waals surface area contributed by atoms with E-state index in [4.69, 9.17) is 23.2 Å². The highest BCUT2D eigenvalue weighted by atomic mass is 35.5. The number of aromatic nitrogens is 1. The Hall–Kier alpha value is -3.03. The van der Waals surface area contributed by atoms with Gasteiger partial charge < -0.3 is 20.1 Å². The van der Waals surface area contributed by atoms with Crippen LogP contribution in [0.1, 0.15) is 34.5 Å². The van der Waals surface area contributed by atoms with Crippen LogP contribution in [0.3, 0.4) is 0 Å². The summed E-state index contributed by atoms with van der Waals surface area (Å²) in [6, 6.07) is 8.53. The molecule has 172 valence electrons. The van der Waals surface area contributed by atoms with Gasteiger partial charge in [0, 0.05) is 53.3 Å². The molecule has 33 heavy (non-hydrogen) atoms. The molecule has 0 saturated carbocycles. The number of rotatable bonds is 4. The first-order valence-corrected chi connectivity index (χ1v) is 11.3. The van der Waals surface area contributed by atoms with Crippen LogP contribution in [0.5, 0.6) is 0 Å². The molecule has 7 nitrogen and oxygen atoms in total. The SMILES string of the molecule is CC1c2c(Cl)cc(Cl)cc2CCN1C(=O)CNc1ccc2c(=O)[nH]cc(C(=O)N(C)C)c2c1. The highest BCUT2D eigenvalue weighted by molar-refractivity contribution is 6.35. The largest absolute Gasteiger partial charge is 0.376 e. The summed E-state index contributed by atoms with van der Waals surface area (Å²) >= 11 is 12.5. The van der Waals surface area contributed by atoms with Gasteiger partial charge in [-0.15, -0.1) is 0 Å². The van der Waals surface area contributed by atoms with Crippen LogP contribution in [0.4, 0.5) is 5.69 Å². The van der Waals surface area contributed by atoms with Crippen LogP contribution >= 0.6 is 23.2 Å². The summed E-state index contributed by atoms with van der Waals surface area (Å²) in [7, 11) is 3.30. The van der Waals surface area contributed by atoms with Crippen molar-refractivity contribution in [3.05, 3.63) is 73.6 Å². The van der Waals surface area contributed by atoms with E-state index < -0.39 is 0 Å². The van der Waals surface area contributed by atoms with Crippen molar-refractivity contribution < 1.29 is 9.59 Å². The summed E-state index contributed by atoms with van der Waals surface area (Å²) < 4.78 is 0. The second kappa shape index (κ2) is 9.08.